The highest BCUT2D eigenvalue weighted by Gasteiger charge is 2.39. The van der Waals surface area contributed by atoms with Gasteiger partial charge in [-0.25, -0.2) is 42.5 Å². The Kier molecular flexibility index (Phi) is 17.1. The molecule has 16 nitrogen and oxygen atoms in total. The smallest absolute Gasteiger partial charge is 0.252 e. The molecular formula is C50H60F2N6O10S6. The van der Waals surface area contributed by atoms with Crippen molar-refractivity contribution < 1.29 is 52.7 Å². The van der Waals surface area contributed by atoms with Gasteiger partial charge in [0.2, 0.25) is 20.0 Å². The van der Waals surface area contributed by atoms with Crippen LogP contribution in [-0.2, 0) is 51.3 Å². The molecule has 8 rings (SSSR count). The van der Waals surface area contributed by atoms with Gasteiger partial charge in [0, 0.05) is 50.6 Å². The van der Waals surface area contributed by atoms with Crippen molar-refractivity contribution >= 4 is 85.5 Å². The molecule has 400 valence electrons. The van der Waals surface area contributed by atoms with Gasteiger partial charge >= 0.3 is 0 Å². The highest BCUT2D eigenvalue weighted by Crippen LogP contribution is 2.33. The first-order valence-corrected chi connectivity index (χ1v) is 31.6. The third-order valence-corrected chi connectivity index (χ3v) is 21.5. The summed E-state index contributed by atoms with van der Waals surface area (Å²) in [7, 11) is -15.0. The molecule has 0 aliphatic carbocycles. The van der Waals surface area contributed by atoms with Gasteiger partial charge < -0.3 is 20.0 Å². The normalized spacial score (nSPS) is 17.6. The highest BCUT2D eigenvalue weighted by atomic mass is 32.3. The van der Waals surface area contributed by atoms with E-state index in [4.69, 9.17) is 0 Å². The van der Waals surface area contributed by atoms with Crippen LogP contribution in [0.3, 0.4) is 0 Å². The van der Waals surface area contributed by atoms with Gasteiger partial charge in [-0.15, -0.1) is 22.7 Å². The molecule has 0 amide bonds. The first kappa shape index (κ1) is 56.7. The molecule has 2 aromatic heterocycles. The fourth-order valence-electron chi connectivity index (χ4n) is 8.74. The first-order chi connectivity index (χ1) is 34.5. The largest absolute Gasteiger partial charge is 0.386 e. The second-order valence-electron chi connectivity index (χ2n) is 19.0. The number of nitrogens with zero attached hydrogens (tertiary/aromatic N) is 6. The minimum Gasteiger partial charge on any atom is -0.386 e. The molecule has 2 saturated heterocycles. The zero-order valence-corrected chi connectivity index (χ0v) is 46.5. The second kappa shape index (κ2) is 22.3. The summed E-state index contributed by atoms with van der Waals surface area (Å²) in [6.45, 7) is 7.87. The molecule has 0 spiro atoms. The van der Waals surface area contributed by atoms with Crippen molar-refractivity contribution in [3.05, 3.63) is 155 Å². The molecule has 2 fully saturated rings. The molecule has 0 unspecified atom stereocenters. The fraction of sp³-hybridized carbons (Fsp3) is 0.360. The third-order valence-electron chi connectivity index (χ3n) is 12.7. The lowest BCUT2D eigenvalue weighted by Crippen LogP contribution is -2.59. The number of halogens is 2. The number of thiophene rings is 2. The zero-order valence-electron chi connectivity index (χ0n) is 41.6. The second-order valence-corrected chi connectivity index (χ2v) is 29.1. The summed E-state index contributed by atoms with van der Waals surface area (Å²) >= 11 is 2.27. The van der Waals surface area contributed by atoms with Gasteiger partial charge in [0.1, 0.15) is 20.1 Å². The highest BCUT2D eigenvalue weighted by molar-refractivity contribution is 7.92. The number of hydrogen-bond acceptors (Lipinski definition) is 14. The van der Waals surface area contributed by atoms with Crippen LogP contribution in [0.15, 0.2) is 141 Å². The first-order valence-electron chi connectivity index (χ1n) is 23.3. The van der Waals surface area contributed by atoms with Crippen LogP contribution in [0.5, 0.6) is 0 Å². The molecule has 0 radical (unpaired) electrons. The van der Waals surface area contributed by atoms with Gasteiger partial charge in [0.15, 0.2) is 0 Å². The Morgan fingerprint density at radius 2 is 0.838 bits per heavy atom. The SMILES string of the molecule is CC(C)(O)c1ccc(N2CCN(S(=O)(=O)c3cccs3)C[C@@H]2CN(c2ccc(F)cc2)S(C)(=O)=O)cc1.CC(C)(O)c1ccc(N2CCN(S(=O)(=O)c3cccs3)C[C@@H]2CN(c2ccc(F)cc2)S(C)(=O)=O)cc1. The molecule has 0 bridgehead atoms. The lowest BCUT2D eigenvalue weighted by atomic mass is 9.98. The minimum absolute atomic E-state index is 0.0474. The van der Waals surface area contributed by atoms with Crippen molar-refractivity contribution in [1.82, 2.24) is 8.61 Å². The van der Waals surface area contributed by atoms with Gasteiger partial charge in [-0.05, 0) is 135 Å². The average molecular weight is 1140 g/mol. The molecule has 74 heavy (non-hydrogen) atoms. The number of benzene rings is 4. The van der Waals surface area contributed by atoms with Crippen molar-refractivity contribution in [1.29, 1.82) is 0 Å². The van der Waals surface area contributed by atoms with E-state index in [-0.39, 0.29) is 47.7 Å². The maximum absolute atomic E-state index is 13.6. The number of hydrogen-bond donors (Lipinski definition) is 2. The summed E-state index contributed by atoms with van der Waals surface area (Å²) in [6, 6.07) is 30.3. The number of anilines is 4. The van der Waals surface area contributed by atoms with Gasteiger partial charge in [-0.3, -0.25) is 8.61 Å². The molecule has 2 N–H and O–H groups in total. The van der Waals surface area contributed by atoms with E-state index in [0.717, 1.165) is 57.7 Å². The van der Waals surface area contributed by atoms with E-state index >= 15 is 0 Å². The number of rotatable bonds is 16. The van der Waals surface area contributed by atoms with Gasteiger partial charge in [0.25, 0.3) is 20.0 Å². The Balaban J connectivity index is 0.000000216. The third kappa shape index (κ3) is 13.5. The van der Waals surface area contributed by atoms with Gasteiger partial charge in [-0.1, -0.05) is 36.4 Å². The fourth-order valence-corrected chi connectivity index (χ4v) is 15.9. The van der Waals surface area contributed by atoms with Crippen LogP contribution in [0.2, 0.25) is 0 Å². The van der Waals surface area contributed by atoms with Crippen LogP contribution in [0.1, 0.15) is 38.8 Å². The maximum atomic E-state index is 13.6. The summed E-state index contributed by atoms with van der Waals surface area (Å²) in [5, 5.41) is 24.0. The Morgan fingerprint density at radius 1 is 0.514 bits per heavy atom. The Labute approximate surface area is 441 Å². The summed E-state index contributed by atoms with van der Waals surface area (Å²) in [5.41, 5.74) is 1.52. The van der Waals surface area contributed by atoms with Crippen LogP contribution >= 0.6 is 22.7 Å². The van der Waals surface area contributed by atoms with Crippen LogP contribution in [-0.4, -0.2) is 129 Å². The van der Waals surface area contributed by atoms with Gasteiger partial charge in [0.05, 0.1) is 60.3 Å². The molecule has 4 heterocycles. The lowest BCUT2D eigenvalue weighted by Gasteiger charge is -2.43. The van der Waals surface area contributed by atoms with Crippen molar-refractivity contribution in [2.24, 2.45) is 0 Å². The van der Waals surface area contributed by atoms with Crippen LogP contribution in [0.25, 0.3) is 0 Å². The molecule has 2 aliphatic rings. The van der Waals surface area contributed by atoms with Crippen molar-refractivity contribution in [3.8, 4) is 0 Å². The molecule has 0 saturated carbocycles. The minimum atomic E-state index is -3.77. The standard InChI is InChI=1S/2C25H30FN3O5S3/c2*1-25(2,30)19-6-10-21(11-7-19)28-15-14-27(37(33,34)24-5-4-16-35-24)17-23(28)18-29(36(3,31)32)22-12-8-20(26)9-13-22/h2*4-13,16,23,30H,14-15,17-18H2,1-3H3/t2*23-/m11/s1. The van der Waals surface area contributed by atoms with Crippen molar-refractivity contribution in [2.45, 2.75) is 59.4 Å². The Morgan fingerprint density at radius 3 is 1.11 bits per heavy atom. The summed E-state index contributed by atoms with van der Waals surface area (Å²) < 4.78 is 137. The van der Waals surface area contributed by atoms with E-state index in [9.17, 15) is 52.7 Å². The predicted molar refractivity (Wildman–Crippen MR) is 289 cm³/mol. The molecule has 24 heteroatoms. The van der Waals surface area contributed by atoms with E-state index in [0.29, 0.717) is 24.5 Å². The summed E-state index contributed by atoms with van der Waals surface area (Å²) in [5.74, 6) is -0.979. The number of piperazine rings is 2. The Hall–Kier alpha value is -5.02. The monoisotopic (exact) mass is 1130 g/mol. The van der Waals surface area contributed by atoms with Crippen LogP contribution in [0, 0.1) is 11.6 Å². The zero-order chi connectivity index (χ0) is 54.0. The van der Waals surface area contributed by atoms with Crippen LogP contribution in [0.4, 0.5) is 31.5 Å². The van der Waals surface area contributed by atoms with Crippen molar-refractivity contribution in [3.63, 3.8) is 0 Å². The van der Waals surface area contributed by atoms with Gasteiger partial charge in [-0.2, -0.15) is 8.61 Å². The molecule has 2 atom stereocenters. The molecule has 2 aliphatic heterocycles. The predicted octanol–water partition coefficient (Wildman–Crippen LogP) is 6.92. The maximum Gasteiger partial charge on any atom is 0.252 e. The van der Waals surface area contributed by atoms with E-state index in [1.165, 1.54) is 65.8 Å². The summed E-state index contributed by atoms with van der Waals surface area (Å²) in [6.07, 6.45) is 2.14. The molecule has 4 aromatic carbocycles. The van der Waals surface area contributed by atoms with E-state index in [1.807, 2.05) is 34.1 Å². The van der Waals surface area contributed by atoms with Crippen LogP contribution < -0.4 is 18.4 Å². The van der Waals surface area contributed by atoms with Crippen molar-refractivity contribution in [2.75, 3.05) is 83.3 Å². The van der Waals surface area contributed by atoms with E-state index < -0.39 is 75.0 Å². The van der Waals surface area contributed by atoms with E-state index in [1.54, 1.807) is 87.0 Å². The molecular weight excluding hydrogens is 1070 g/mol. The number of sulfonamides is 4. The average Bonchev–Trinajstić information content (AvgIpc) is 4.10. The van der Waals surface area contributed by atoms with E-state index in [2.05, 4.69) is 0 Å². The quantitative estimate of drug-likeness (QED) is 0.102. The Bertz CT molecular complexity index is 3060. The summed E-state index contributed by atoms with van der Waals surface area (Å²) in [4.78, 5) is 3.96. The molecule has 6 aromatic rings. The topological polar surface area (TPSA) is 196 Å². The lowest BCUT2D eigenvalue weighted by molar-refractivity contribution is 0.0780. The number of aliphatic hydroxyl groups is 2.